The number of phenolic OH excluding ortho intramolecular Hbond substituents is 1. The number of carbonyl (C=O) groups is 1. The molecule has 7 heteroatoms. The van der Waals surface area contributed by atoms with Crippen molar-refractivity contribution >= 4 is 15.8 Å². The quantitative estimate of drug-likeness (QED) is 0.738. The van der Waals surface area contributed by atoms with Gasteiger partial charge in [0.2, 0.25) is 10.0 Å². The van der Waals surface area contributed by atoms with Gasteiger partial charge >= 0.3 is 0 Å². The molecule has 0 radical (unpaired) electrons. The molecule has 2 rings (SSSR count). The Morgan fingerprint density at radius 2 is 1.84 bits per heavy atom. The summed E-state index contributed by atoms with van der Waals surface area (Å²) in [6.07, 6.45) is 0.620. The van der Waals surface area contributed by atoms with Crippen LogP contribution in [0.25, 0.3) is 0 Å². The van der Waals surface area contributed by atoms with E-state index in [1.807, 2.05) is 13.8 Å². The third-order valence-electron chi connectivity index (χ3n) is 3.67. The van der Waals surface area contributed by atoms with Crippen LogP contribution in [0.3, 0.4) is 0 Å². The monoisotopic (exact) mass is 363 g/mol. The molecule has 0 saturated heterocycles. The Morgan fingerprint density at radius 1 is 1.20 bits per heavy atom. The van der Waals surface area contributed by atoms with Crippen molar-refractivity contribution in [1.29, 1.82) is 0 Å². The fraction of sp³-hybridized carbons (Fsp3) is 0.278. The minimum absolute atomic E-state index is 0.0263. The van der Waals surface area contributed by atoms with Gasteiger partial charge in [0.25, 0.3) is 0 Å². The molecule has 0 fully saturated rings. The van der Waals surface area contributed by atoms with Gasteiger partial charge in [0.1, 0.15) is 16.4 Å². The van der Waals surface area contributed by atoms with Crippen LogP contribution in [0.5, 0.6) is 11.5 Å². The molecule has 0 atom stereocenters. The van der Waals surface area contributed by atoms with Crippen LogP contribution >= 0.6 is 0 Å². The van der Waals surface area contributed by atoms with E-state index in [2.05, 4.69) is 4.72 Å². The maximum atomic E-state index is 12.7. The summed E-state index contributed by atoms with van der Waals surface area (Å²) in [6, 6.07) is 9.09. The lowest BCUT2D eigenvalue weighted by Crippen LogP contribution is -2.25. The van der Waals surface area contributed by atoms with E-state index in [1.165, 1.54) is 7.11 Å². The van der Waals surface area contributed by atoms with Gasteiger partial charge in [-0.25, -0.2) is 13.1 Å². The van der Waals surface area contributed by atoms with E-state index in [0.717, 1.165) is 17.7 Å². The molecule has 6 nitrogen and oxygen atoms in total. The third-order valence-corrected chi connectivity index (χ3v) is 5.15. The number of aryl methyl sites for hydroxylation is 1. The van der Waals surface area contributed by atoms with Crippen LogP contribution in [0.15, 0.2) is 41.3 Å². The third kappa shape index (κ3) is 4.18. The molecule has 0 bridgehead atoms. The van der Waals surface area contributed by atoms with Gasteiger partial charge in [-0.05, 0) is 19.4 Å². The van der Waals surface area contributed by atoms with Crippen LogP contribution in [0.2, 0.25) is 0 Å². The summed E-state index contributed by atoms with van der Waals surface area (Å²) >= 11 is 0. The first-order chi connectivity index (χ1) is 11.8. The second kappa shape index (κ2) is 7.67. The number of ketones is 1. The average molecular weight is 363 g/mol. The predicted molar refractivity (Wildman–Crippen MR) is 94.7 cm³/mol. The molecule has 2 N–H and O–H groups in total. The summed E-state index contributed by atoms with van der Waals surface area (Å²) in [5.74, 6) is -0.828. The molecule has 0 aliphatic carbocycles. The molecule has 0 heterocycles. The predicted octanol–water partition coefficient (Wildman–Crippen LogP) is 2.63. The fourth-order valence-corrected chi connectivity index (χ4v) is 3.58. The summed E-state index contributed by atoms with van der Waals surface area (Å²) < 4.78 is 32.4. The topological polar surface area (TPSA) is 92.7 Å². The molecule has 0 amide bonds. The SMILES string of the molecule is CCCNS(=O)(=O)c1cc(C(=O)c2ccc(C)cc2)c(O)cc1OC. The number of hydrogen-bond donors (Lipinski definition) is 2. The molecule has 0 unspecified atom stereocenters. The Hall–Kier alpha value is -2.38. The molecule has 2 aromatic rings. The summed E-state index contributed by atoms with van der Waals surface area (Å²) in [4.78, 5) is 12.5. The van der Waals surface area contributed by atoms with Crippen molar-refractivity contribution in [2.45, 2.75) is 25.2 Å². The van der Waals surface area contributed by atoms with Gasteiger partial charge in [-0.3, -0.25) is 4.79 Å². The number of methoxy groups -OCH3 is 1. The second-order valence-corrected chi connectivity index (χ2v) is 7.35. The Labute approximate surface area is 147 Å². The van der Waals surface area contributed by atoms with E-state index in [0.29, 0.717) is 12.0 Å². The number of benzene rings is 2. The van der Waals surface area contributed by atoms with Crippen molar-refractivity contribution in [3.05, 3.63) is 53.1 Å². The standard InChI is InChI=1S/C18H21NO5S/c1-4-9-19-25(22,23)17-10-14(15(20)11-16(17)24-3)18(21)13-7-5-12(2)6-8-13/h5-8,10-11,19-20H,4,9H2,1-3H3. The van der Waals surface area contributed by atoms with E-state index < -0.39 is 15.8 Å². The van der Waals surface area contributed by atoms with Crippen molar-refractivity contribution in [2.75, 3.05) is 13.7 Å². The minimum atomic E-state index is -3.87. The van der Waals surface area contributed by atoms with Crippen LogP contribution in [0.1, 0.15) is 34.8 Å². The van der Waals surface area contributed by atoms with Crippen molar-refractivity contribution < 1.29 is 23.1 Å². The molecular formula is C18H21NO5S. The van der Waals surface area contributed by atoms with Crippen molar-refractivity contribution in [3.63, 3.8) is 0 Å². The van der Waals surface area contributed by atoms with Gasteiger partial charge in [0.15, 0.2) is 5.78 Å². The molecule has 134 valence electrons. The molecule has 0 spiro atoms. The number of nitrogens with one attached hydrogen (secondary N) is 1. The highest BCUT2D eigenvalue weighted by Gasteiger charge is 2.24. The van der Waals surface area contributed by atoms with E-state index in [1.54, 1.807) is 24.3 Å². The number of sulfonamides is 1. The van der Waals surface area contributed by atoms with Gasteiger partial charge in [-0.15, -0.1) is 0 Å². The molecule has 0 aliphatic rings. The number of rotatable bonds is 7. The molecule has 0 aromatic heterocycles. The van der Waals surface area contributed by atoms with Crippen LogP contribution in [-0.4, -0.2) is 33.0 Å². The lowest BCUT2D eigenvalue weighted by Gasteiger charge is -2.13. The largest absolute Gasteiger partial charge is 0.507 e. The summed E-state index contributed by atoms with van der Waals surface area (Å²) in [6.45, 7) is 3.99. The van der Waals surface area contributed by atoms with Gasteiger partial charge < -0.3 is 9.84 Å². The van der Waals surface area contributed by atoms with Crippen molar-refractivity contribution in [1.82, 2.24) is 4.72 Å². The summed E-state index contributed by atoms with van der Waals surface area (Å²) in [7, 11) is -2.56. The number of carbonyl (C=O) groups excluding carboxylic acids is 1. The van der Waals surface area contributed by atoms with E-state index in [9.17, 15) is 18.3 Å². The van der Waals surface area contributed by atoms with E-state index in [4.69, 9.17) is 4.74 Å². The molecule has 25 heavy (non-hydrogen) atoms. The van der Waals surface area contributed by atoms with Crippen LogP contribution in [0.4, 0.5) is 0 Å². The number of ether oxygens (including phenoxy) is 1. The van der Waals surface area contributed by atoms with Crippen LogP contribution in [0, 0.1) is 6.92 Å². The molecular weight excluding hydrogens is 342 g/mol. The Kier molecular flexibility index (Phi) is 5.81. The Morgan fingerprint density at radius 3 is 2.40 bits per heavy atom. The van der Waals surface area contributed by atoms with Crippen LogP contribution in [-0.2, 0) is 10.0 Å². The maximum absolute atomic E-state index is 12.7. The smallest absolute Gasteiger partial charge is 0.244 e. The van der Waals surface area contributed by atoms with Gasteiger partial charge in [-0.1, -0.05) is 36.8 Å². The Bertz CT molecular complexity index is 873. The fourth-order valence-electron chi connectivity index (χ4n) is 2.28. The average Bonchev–Trinajstić information content (AvgIpc) is 2.59. The first-order valence-electron chi connectivity index (χ1n) is 7.82. The zero-order valence-corrected chi connectivity index (χ0v) is 15.2. The van der Waals surface area contributed by atoms with Crippen molar-refractivity contribution in [2.24, 2.45) is 0 Å². The van der Waals surface area contributed by atoms with Crippen molar-refractivity contribution in [3.8, 4) is 11.5 Å². The zero-order valence-electron chi connectivity index (χ0n) is 14.4. The van der Waals surface area contributed by atoms with Gasteiger partial charge in [-0.2, -0.15) is 0 Å². The highest BCUT2D eigenvalue weighted by molar-refractivity contribution is 7.89. The number of hydrogen-bond acceptors (Lipinski definition) is 5. The number of phenols is 1. The number of aromatic hydroxyl groups is 1. The van der Waals surface area contributed by atoms with E-state index >= 15 is 0 Å². The first kappa shape index (κ1) is 19.0. The zero-order chi connectivity index (χ0) is 18.6. The van der Waals surface area contributed by atoms with Gasteiger partial charge in [0.05, 0.1) is 12.7 Å². The summed E-state index contributed by atoms with van der Waals surface area (Å²) in [5.41, 5.74) is 1.25. The molecule has 2 aromatic carbocycles. The second-order valence-electron chi connectivity index (χ2n) is 5.61. The molecule has 0 aliphatic heterocycles. The highest BCUT2D eigenvalue weighted by atomic mass is 32.2. The normalized spacial score (nSPS) is 11.3. The minimum Gasteiger partial charge on any atom is -0.507 e. The summed E-state index contributed by atoms with van der Waals surface area (Å²) in [5, 5.41) is 10.2. The lowest BCUT2D eigenvalue weighted by molar-refractivity contribution is 0.103. The maximum Gasteiger partial charge on any atom is 0.244 e. The van der Waals surface area contributed by atoms with Gasteiger partial charge in [0, 0.05) is 18.2 Å². The van der Waals surface area contributed by atoms with Crippen LogP contribution < -0.4 is 9.46 Å². The Balaban J connectivity index is 2.54. The highest BCUT2D eigenvalue weighted by Crippen LogP contribution is 2.32. The molecule has 0 saturated carbocycles. The van der Waals surface area contributed by atoms with E-state index in [-0.39, 0.29) is 28.5 Å². The lowest BCUT2D eigenvalue weighted by atomic mass is 10.0. The first-order valence-corrected chi connectivity index (χ1v) is 9.30.